The topological polar surface area (TPSA) is 71.9 Å². The average molecular weight is 399 g/mol. The maximum atomic E-state index is 12.7. The lowest BCUT2D eigenvalue weighted by molar-refractivity contribution is -0.862. The normalized spacial score (nSPS) is 13.3. The van der Waals surface area contributed by atoms with Gasteiger partial charge in [0.25, 0.3) is 11.8 Å². The molecule has 0 heterocycles. The molecule has 0 saturated carbocycles. The molecule has 0 aliphatic carbocycles. The number of nitrogens with one attached hydrogen (secondary N) is 3. The Bertz CT molecular complexity index is 798. The first-order valence-electron chi connectivity index (χ1n) is 9.78. The summed E-state index contributed by atoms with van der Waals surface area (Å²) >= 11 is 0. The van der Waals surface area contributed by atoms with E-state index in [1.807, 2.05) is 82.4 Å². The van der Waals surface area contributed by atoms with E-state index in [1.165, 1.54) is 0 Å². The Balaban J connectivity index is 2.06. The summed E-state index contributed by atoms with van der Waals surface area (Å²) in [4.78, 5) is 25.6. The van der Waals surface area contributed by atoms with Crippen LogP contribution in [0.25, 0.3) is 0 Å². The molecule has 0 aliphatic heterocycles. The fourth-order valence-electron chi connectivity index (χ4n) is 3.09. The molecular formula is C23H32N3O3+. The van der Waals surface area contributed by atoms with Crippen molar-refractivity contribution in [3.8, 4) is 5.75 Å². The van der Waals surface area contributed by atoms with Gasteiger partial charge in [-0.15, -0.1) is 0 Å². The van der Waals surface area contributed by atoms with E-state index < -0.39 is 0 Å². The number of carbonyl (C=O) groups is 2. The van der Waals surface area contributed by atoms with Gasteiger partial charge in [-0.3, -0.25) is 9.59 Å². The number of likely N-dealkylation sites (N-methyl/N-ethyl adjacent to an activating group) is 1. The van der Waals surface area contributed by atoms with Gasteiger partial charge in [-0.05, 0) is 44.0 Å². The Morgan fingerprint density at radius 1 is 0.931 bits per heavy atom. The molecule has 0 aromatic heterocycles. The Labute approximate surface area is 173 Å². The predicted octanol–water partition coefficient (Wildman–Crippen LogP) is 1.33. The number of rotatable bonds is 8. The fraction of sp³-hybridized carbons (Fsp3) is 0.391. The van der Waals surface area contributed by atoms with Crippen LogP contribution in [0.3, 0.4) is 0 Å². The SMILES string of the molecule is COc1ccc([C@@H](NC(=O)C[NH+](C)CC(=O)NC(C)(C)C)c2ccccc2)cc1. The molecule has 1 unspecified atom stereocenters. The van der Waals surface area contributed by atoms with Gasteiger partial charge in [-0.1, -0.05) is 42.5 Å². The molecule has 0 bridgehead atoms. The second-order valence-corrected chi connectivity index (χ2v) is 8.29. The van der Waals surface area contributed by atoms with E-state index in [1.54, 1.807) is 7.11 Å². The van der Waals surface area contributed by atoms with Crippen molar-refractivity contribution in [2.75, 3.05) is 27.2 Å². The summed E-state index contributed by atoms with van der Waals surface area (Å²) in [5.41, 5.74) is 1.68. The highest BCUT2D eigenvalue weighted by atomic mass is 16.5. The van der Waals surface area contributed by atoms with Gasteiger partial charge in [-0.25, -0.2) is 0 Å². The van der Waals surface area contributed by atoms with Crippen molar-refractivity contribution in [1.29, 1.82) is 0 Å². The summed E-state index contributed by atoms with van der Waals surface area (Å²) in [6.07, 6.45) is 0. The summed E-state index contributed by atoms with van der Waals surface area (Å²) in [6, 6.07) is 17.2. The quantitative estimate of drug-likeness (QED) is 0.628. The lowest BCUT2D eigenvalue weighted by Crippen LogP contribution is -3.11. The molecule has 2 aromatic rings. The number of amides is 2. The number of carbonyl (C=O) groups excluding carboxylic acids is 2. The van der Waals surface area contributed by atoms with Gasteiger partial charge in [0.15, 0.2) is 13.1 Å². The third-order valence-electron chi connectivity index (χ3n) is 4.33. The number of ether oxygens (including phenoxy) is 1. The molecule has 0 saturated heterocycles. The zero-order chi connectivity index (χ0) is 21.4. The molecule has 29 heavy (non-hydrogen) atoms. The Morgan fingerprint density at radius 3 is 2.03 bits per heavy atom. The molecule has 6 heteroatoms. The van der Waals surface area contributed by atoms with E-state index in [0.29, 0.717) is 0 Å². The zero-order valence-corrected chi connectivity index (χ0v) is 17.9. The minimum Gasteiger partial charge on any atom is -0.497 e. The summed E-state index contributed by atoms with van der Waals surface area (Å²) < 4.78 is 5.23. The van der Waals surface area contributed by atoms with E-state index in [0.717, 1.165) is 21.8 Å². The second-order valence-electron chi connectivity index (χ2n) is 8.29. The predicted molar refractivity (Wildman–Crippen MR) is 114 cm³/mol. The molecule has 2 atom stereocenters. The first kappa shape index (κ1) is 22.4. The molecule has 0 radical (unpaired) electrons. The van der Waals surface area contributed by atoms with Gasteiger partial charge in [0, 0.05) is 5.54 Å². The van der Waals surface area contributed by atoms with Crippen LogP contribution < -0.4 is 20.3 Å². The molecule has 0 spiro atoms. The Hall–Kier alpha value is -2.86. The van der Waals surface area contributed by atoms with Crippen molar-refractivity contribution in [3.63, 3.8) is 0 Å². The van der Waals surface area contributed by atoms with Gasteiger partial charge in [-0.2, -0.15) is 0 Å². The van der Waals surface area contributed by atoms with Crippen LogP contribution in [0.1, 0.15) is 37.9 Å². The third kappa shape index (κ3) is 7.58. The molecule has 6 nitrogen and oxygen atoms in total. The zero-order valence-electron chi connectivity index (χ0n) is 17.9. The highest BCUT2D eigenvalue weighted by molar-refractivity contribution is 5.79. The Kier molecular flexibility index (Phi) is 7.79. The van der Waals surface area contributed by atoms with Gasteiger partial charge >= 0.3 is 0 Å². The van der Waals surface area contributed by atoms with Gasteiger partial charge < -0.3 is 20.3 Å². The summed E-state index contributed by atoms with van der Waals surface area (Å²) in [6.45, 7) is 6.25. The summed E-state index contributed by atoms with van der Waals surface area (Å²) in [5.74, 6) is 0.578. The third-order valence-corrected chi connectivity index (χ3v) is 4.33. The largest absolute Gasteiger partial charge is 0.497 e. The number of methoxy groups -OCH3 is 1. The van der Waals surface area contributed by atoms with Crippen molar-refractivity contribution in [3.05, 3.63) is 65.7 Å². The van der Waals surface area contributed by atoms with Gasteiger partial charge in [0.2, 0.25) is 0 Å². The van der Waals surface area contributed by atoms with Crippen molar-refractivity contribution >= 4 is 11.8 Å². The van der Waals surface area contributed by atoms with Crippen LogP contribution in [-0.2, 0) is 9.59 Å². The molecule has 3 N–H and O–H groups in total. The lowest BCUT2D eigenvalue weighted by Gasteiger charge is -2.23. The molecule has 2 aromatic carbocycles. The van der Waals surface area contributed by atoms with Crippen LogP contribution in [-0.4, -0.2) is 44.6 Å². The maximum Gasteiger partial charge on any atom is 0.275 e. The minimum atomic E-state index is -0.285. The van der Waals surface area contributed by atoms with Crippen molar-refractivity contribution < 1.29 is 19.2 Å². The first-order chi connectivity index (χ1) is 13.7. The Morgan fingerprint density at radius 2 is 1.48 bits per heavy atom. The second kappa shape index (κ2) is 10.1. The lowest BCUT2D eigenvalue weighted by atomic mass is 9.98. The summed E-state index contributed by atoms with van der Waals surface area (Å²) in [5, 5.41) is 6.03. The van der Waals surface area contributed by atoms with E-state index >= 15 is 0 Å². The van der Waals surface area contributed by atoms with Crippen LogP contribution >= 0.6 is 0 Å². The van der Waals surface area contributed by atoms with Crippen molar-refractivity contribution in [1.82, 2.24) is 10.6 Å². The highest BCUT2D eigenvalue weighted by Crippen LogP contribution is 2.24. The standard InChI is InChI=1S/C23H31N3O3/c1-23(2,3)25-21(28)16-26(4)15-20(27)24-22(17-9-7-6-8-10-17)18-11-13-19(29-5)14-12-18/h6-14,22H,15-16H2,1-5H3,(H,24,27)(H,25,28)/p+1/t22-/m0/s1. The molecular weight excluding hydrogens is 366 g/mol. The van der Waals surface area contributed by atoms with Gasteiger partial charge in [0.1, 0.15) is 5.75 Å². The molecule has 0 aliphatic rings. The molecule has 2 rings (SSSR count). The van der Waals surface area contributed by atoms with E-state index in [9.17, 15) is 9.59 Å². The summed E-state index contributed by atoms with van der Waals surface area (Å²) in [7, 11) is 3.46. The molecule has 0 fully saturated rings. The van der Waals surface area contributed by atoms with Crippen LogP contribution in [0.15, 0.2) is 54.6 Å². The van der Waals surface area contributed by atoms with E-state index in [-0.39, 0.29) is 36.5 Å². The van der Waals surface area contributed by atoms with Crippen molar-refractivity contribution in [2.45, 2.75) is 32.4 Å². The first-order valence-corrected chi connectivity index (χ1v) is 9.78. The van der Waals surface area contributed by atoms with E-state index in [4.69, 9.17) is 4.74 Å². The van der Waals surface area contributed by atoms with E-state index in [2.05, 4.69) is 10.6 Å². The molecule has 156 valence electrons. The van der Waals surface area contributed by atoms with Gasteiger partial charge in [0.05, 0.1) is 20.2 Å². The number of hydrogen-bond donors (Lipinski definition) is 3. The number of hydrogen-bond acceptors (Lipinski definition) is 3. The highest BCUT2D eigenvalue weighted by Gasteiger charge is 2.21. The fourth-order valence-corrected chi connectivity index (χ4v) is 3.09. The monoisotopic (exact) mass is 398 g/mol. The minimum absolute atomic E-state index is 0.0717. The smallest absolute Gasteiger partial charge is 0.275 e. The van der Waals surface area contributed by atoms with Crippen LogP contribution in [0, 0.1) is 0 Å². The van der Waals surface area contributed by atoms with Crippen molar-refractivity contribution in [2.24, 2.45) is 0 Å². The van der Waals surface area contributed by atoms with Crippen LogP contribution in [0.4, 0.5) is 0 Å². The molecule has 2 amide bonds. The van der Waals surface area contributed by atoms with Crippen LogP contribution in [0.2, 0.25) is 0 Å². The van der Waals surface area contributed by atoms with Crippen LogP contribution in [0.5, 0.6) is 5.75 Å². The average Bonchev–Trinajstić information content (AvgIpc) is 2.65. The maximum absolute atomic E-state index is 12.7. The number of quaternary nitrogens is 1. The number of benzene rings is 2.